The molecule has 2 amide bonds. The van der Waals surface area contributed by atoms with Crippen LogP contribution < -0.4 is 10.6 Å². The van der Waals surface area contributed by atoms with Crippen LogP contribution in [0.3, 0.4) is 0 Å². The minimum absolute atomic E-state index is 0.116. The zero-order valence-corrected chi connectivity index (χ0v) is 11.1. The third-order valence-corrected chi connectivity index (χ3v) is 2.71. The van der Waals surface area contributed by atoms with E-state index in [0.717, 1.165) is 24.6 Å². The average Bonchev–Trinajstić information content (AvgIpc) is 2.83. The molecule has 0 aliphatic heterocycles. The van der Waals surface area contributed by atoms with Gasteiger partial charge >= 0.3 is 6.03 Å². The van der Waals surface area contributed by atoms with Gasteiger partial charge in [0, 0.05) is 26.0 Å². The van der Waals surface area contributed by atoms with Crippen LogP contribution in [-0.2, 0) is 13.5 Å². The lowest BCUT2D eigenvalue weighted by Crippen LogP contribution is -2.30. The van der Waals surface area contributed by atoms with E-state index in [1.807, 2.05) is 13.2 Å². The molecule has 106 valence electrons. The van der Waals surface area contributed by atoms with E-state index in [0.29, 0.717) is 6.54 Å². The van der Waals surface area contributed by atoms with E-state index in [1.165, 1.54) is 12.3 Å². The molecular formula is C13H16FN5O. The van der Waals surface area contributed by atoms with Gasteiger partial charge in [-0.05, 0) is 24.5 Å². The van der Waals surface area contributed by atoms with Gasteiger partial charge in [-0.25, -0.2) is 9.18 Å². The predicted molar refractivity (Wildman–Crippen MR) is 72.7 cm³/mol. The predicted octanol–water partition coefficient (Wildman–Crippen LogP) is 1.71. The number of hydrogen-bond acceptors (Lipinski definition) is 3. The molecule has 7 heteroatoms. The highest BCUT2D eigenvalue weighted by Crippen LogP contribution is 2.10. The van der Waals surface area contributed by atoms with Crippen molar-refractivity contribution >= 4 is 11.7 Å². The first-order chi connectivity index (χ1) is 9.65. The maximum absolute atomic E-state index is 13.2. The van der Waals surface area contributed by atoms with Crippen molar-refractivity contribution in [3.8, 4) is 0 Å². The fraction of sp³-hybridized carbons (Fsp3) is 0.308. The van der Waals surface area contributed by atoms with E-state index in [2.05, 4.69) is 20.7 Å². The molecule has 20 heavy (non-hydrogen) atoms. The minimum atomic E-state index is -0.557. The fourth-order valence-corrected chi connectivity index (χ4v) is 1.74. The summed E-state index contributed by atoms with van der Waals surface area (Å²) in [6.45, 7) is 0.507. The highest BCUT2D eigenvalue weighted by molar-refractivity contribution is 5.89. The van der Waals surface area contributed by atoms with Crippen molar-refractivity contribution in [1.29, 1.82) is 0 Å². The molecule has 6 nitrogen and oxygen atoms in total. The molecule has 0 bridgehead atoms. The van der Waals surface area contributed by atoms with E-state index in [9.17, 15) is 9.18 Å². The third-order valence-electron chi connectivity index (χ3n) is 2.71. The van der Waals surface area contributed by atoms with Crippen LogP contribution in [0.1, 0.15) is 12.0 Å². The largest absolute Gasteiger partial charge is 0.338 e. The van der Waals surface area contributed by atoms with Crippen molar-refractivity contribution in [3.63, 3.8) is 0 Å². The van der Waals surface area contributed by atoms with Crippen LogP contribution in [0.25, 0.3) is 0 Å². The minimum Gasteiger partial charge on any atom is -0.338 e. The van der Waals surface area contributed by atoms with Gasteiger partial charge in [0.2, 0.25) is 0 Å². The van der Waals surface area contributed by atoms with Gasteiger partial charge in [-0.2, -0.15) is 5.10 Å². The Balaban J connectivity index is 1.69. The summed E-state index contributed by atoms with van der Waals surface area (Å²) in [5, 5.41) is 9.17. The number of carbonyl (C=O) groups excluding carboxylic acids is 1. The highest BCUT2D eigenvalue weighted by atomic mass is 19.1. The lowest BCUT2D eigenvalue weighted by Gasteiger charge is -2.07. The second-order valence-electron chi connectivity index (χ2n) is 4.36. The summed E-state index contributed by atoms with van der Waals surface area (Å²) in [7, 11) is 1.86. The molecule has 2 aromatic heterocycles. The van der Waals surface area contributed by atoms with Gasteiger partial charge in [-0.1, -0.05) is 0 Å². The smallest absolute Gasteiger partial charge is 0.319 e. The summed E-state index contributed by atoms with van der Waals surface area (Å²) in [6, 6.07) is 0.978. The Bertz CT molecular complexity index is 584. The van der Waals surface area contributed by atoms with E-state index in [-0.39, 0.29) is 5.69 Å². The summed E-state index contributed by atoms with van der Waals surface area (Å²) < 4.78 is 15.0. The standard InChI is InChI=1S/C13H16FN5O/c1-19-9-10(7-17-19)3-2-5-16-13(20)18-12-4-6-15-8-11(12)14/h4,6-9H,2-3,5H2,1H3,(H2,15,16,18,20). The Kier molecular flexibility index (Phi) is 4.65. The second kappa shape index (κ2) is 6.65. The van der Waals surface area contributed by atoms with Crippen molar-refractivity contribution in [3.05, 3.63) is 42.2 Å². The molecule has 0 radical (unpaired) electrons. The number of aromatic nitrogens is 3. The Hall–Kier alpha value is -2.44. The van der Waals surface area contributed by atoms with Crippen LogP contribution in [0, 0.1) is 5.82 Å². The number of rotatable bonds is 5. The molecule has 0 saturated carbocycles. The van der Waals surface area contributed by atoms with Crippen LogP contribution in [-0.4, -0.2) is 27.3 Å². The first kappa shape index (κ1) is 14.0. The van der Waals surface area contributed by atoms with Gasteiger partial charge in [0.25, 0.3) is 0 Å². The first-order valence-electron chi connectivity index (χ1n) is 6.27. The van der Waals surface area contributed by atoms with Crippen molar-refractivity contribution in [1.82, 2.24) is 20.1 Å². The Morgan fingerprint density at radius 3 is 3.00 bits per heavy atom. The molecule has 0 aliphatic rings. The molecule has 2 aromatic rings. The molecule has 0 aliphatic carbocycles. The van der Waals surface area contributed by atoms with Crippen molar-refractivity contribution in [2.75, 3.05) is 11.9 Å². The molecular weight excluding hydrogens is 261 g/mol. The van der Waals surface area contributed by atoms with Gasteiger partial charge in [0.05, 0.1) is 18.1 Å². The topological polar surface area (TPSA) is 71.8 Å². The van der Waals surface area contributed by atoms with Crippen LogP contribution in [0.4, 0.5) is 14.9 Å². The number of nitrogens with one attached hydrogen (secondary N) is 2. The van der Waals surface area contributed by atoms with Crippen LogP contribution >= 0.6 is 0 Å². The quantitative estimate of drug-likeness (QED) is 0.817. The normalized spacial score (nSPS) is 10.3. The lowest BCUT2D eigenvalue weighted by molar-refractivity contribution is 0.252. The van der Waals surface area contributed by atoms with Gasteiger partial charge < -0.3 is 10.6 Å². The number of halogens is 1. The summed E-state index contributed by atoms with van der Waals surface area (Å²) in [5.41, 5.74) is 1.24. The van der Waals surface area contributed by atoms with Gasteiger partial charge in [0.15, 0.2) is 5.82 Å². The van der Waals surface area contributed by atoms with Crippen molar-refractivity contribution in [2.45, 2.75) is 12.8 Å². The maximum Gasteiger partial charge on any atom is 0.319 e. The molecule has 0 aromatic carbocycles. The van der Waals surface area contributed by atoms with Gasteiger partial charge in [-0.15, -0.1) is 0 Å². The number of anilines is 1. The lowest BCUT2D eigenvalue weighted by atomic mass is 10.2. The number of nitrogens with zero attached hydrogens (tertiary/aromatic N) is 3. The second-order valence-corrected chi connectivity index (χ2v) is 4.36. The van der Waals surface area contributed by atoms with Gasteiger partial charge in [0.1, 0.15) is 0 Å². The number of aryl methyl sites for hydroxylation is 2. The van der Waals surface area contributed by atoms with Crippen LogP contribution in [0.2, 0.25) is 0 Å². The average molecular weight is 277 g/mol. The highest BCUT2D eigenvalue weighted by Gasteiger charge is 2.05. The number of urea groups is 1. The monoisotopic (exact) mass is 277 g/mol. The molecule has 2 rings (SSSR count). The summed E-state index contributed by atoms with van der Waals surface area (Å²) in [6.07, 6.45) is 7.83. The molecule has 0 saturated heterocycles. The number of carbonyl (C=O) groups is 1. The number of hydrogen-bond donors (Lipinski definition) is 2. The molecule has 2 N–H and O–H groups in total. The molecule has 0 unspecified atom stereocenters. The van der Waals surface area contributed by atoms with Crippen molar-refractivity contribution in [2.24, 2.45) is 7.05 Å². The van der Waals surface area contributed by atoms with E-state index in [1.54, 1.807) is 10.9 Å². The molecule has 0 spiro atoms. The summed E-state index contributed by atoms with van der Waals surface area (Å²) in [5.74, 6) is -0.557. The van der Waals surface area contributed by atoms with Crippen LogP contribution in [0.5, 0.6) is 0 Å². The van der Waals surface area contributed by atoms with E-state index in [4.69, 9.17) is 0 Å². The van der Waals surface area contributed by atoms with Crippen LogP contribution in [0.15, 0.2) is 30.9 Å². The summed E-state index contributed by atoms with van der Waals surface area (Å²) >= 11 is 0. The molecule has 0 atom stereocenters. The maximum atomic E-state index is 13.2. The number of pyridine rings is 1. The van der Waals surface area contributed by atoms with Gasteiger partial charge in [-0.3, -0.25) is 9.67 Å². The SMILES string of the molecule is Cn1cc(CCCNC(=O)Nc2ccncc2F)cn1. The third kappa shape index (κ3) is 4.04. The molecule has 2 heterocycles. The Labute approximate surface area is 116 Å². The Morgan fingerprint density at radius 2 is 2.30 bits per heavy atom. The van der Waals surface area contributed by atoms with E-state index < -0.39 is 11.8 Å². The van der Waals surface area contributed by atoms with E-state index >= 15 is 0 Å². The fourth-order valence-electron chi connectivity index (χ4n) is 1.74. The zero-order chi connectivity index (χ0) is 14.4. The molecule has 0 fully saturated rings. The Morgan fingerprint density at radius 1 is 1.45 bits per heavy atom. The van der Waals surface area contributed by atoms with Crippen molar-refractivity contribution < 1.29 is 9.18 Å². The summed E-state index contributed by atoms with van der Waals surface area (Å²) in [4.78, 5) is 15.2. The number of amides is 2. The first-order valence-corrected chi connectivity index (χ1v) is 6.27. The zero-order valence-electron chi connectivity index (χ0n) is 11.1.